The van der Waals surface area contributed by atoms with Crippen LogP contribution in [0.25, 0.3) is 0 Å². The van der Waals surface area contributed by atoms with Crippen molar-refractivity contribution in [1.29, 1.82) is 0 Å². The summed E-state index contributed by atoms with van der Waals surface area (Å²) in [4.78, 5) is 0. The summed E-state index contributed by atoms with van der Waals surface area (Å²) in [6, 6.07) is 1.94. The Morgan fingerprint density at radius 2 is 2.22 bits per heavy atom. The van der Waals surface area contributed by atoms with Gasteiger partial charge < -0.3 is 0 Å². The Hall–Kier alpha value is -0.990. The van der Waals surface area contributed by atoms with Gasteiger partial charge >= 0.3 is 0 Å². The molecule has 0 fully saturated rings. The number of nitrogens with zero attached hydrogens (tertiary/aromatic N) is 3. The van der Waals surface area contributed by atoms with Gasteiger partial charge in [-0.25, -0.2) is 0 Å². The van der Waals surface area contributed by atoms with E-state index in [4.69, 9.17) is 0 Å². The molecule has 0 bridgehead atoms. The lowest BCUT2D eigenvalue weighted by Crippen LogP contribution is -1.94. The third kappa shape index (κ3) is 1.45. The number of aromatic nitrogens is 3. The molecule has 0 unspecified atom stereocenters. The van der Waals surface area contributed by atoms with Crippen LogP contribution in [0.15, 0.2) is 6.07 Å². The fraction of sp³-hybridized carbons (Fsp3) is 0.500. The second kappa shape index (κ2) is 2.53. The molecule has 0 aromatic carbocycles. The predicted molar refractivity (Wildman–Crippen MR) is 33.9 cm³/mol. The van der Waals surface area contributed by atoms with Crippen molar-refractivity contribution in [2.24, 2.45) is 0 Å². The summed E-state index contributed by atoms with van der Waals surface area (Å²) in [6.45, 7) is 3.96. The predicted octanol–water partition coefficient (Wildman–Crippen LogP) is 0.742. The zero-order valence-electron chi connectivity index (χ0n) is 5.63. The van der Waals surface area contributed by atoms with Crippen LogP contribution in [0.4, 0.5) is 0 Å². The highest BCUT2D eigenvalue weighted by Gasteiger charge is 1.90. The van der Waals surface area contributed by atoms with Gasteiger partial charge in [0, 0.05) is 0 Å². The van der Waals surface area contributed by atoms with Crippen molar-refractivity contribution in [2.75, 3.05) is 0 Å². The molecule has 3 heteroatoms. The number of rotatable bonds is 1. The van der Waals surface area contributed by atoms with Gasteiger partial charge in [0.2, 0.25) is 0 Å². The monoisotopic (exact) mass is 123 g/mol. The van der Waals surface area contributed by atoms with E-state index in [0.717, 1.165) is 17.8 Å². The van der Waals surface area contributed by atoms with E-state index in [1.807, 2.05) is 19.9 Å². The first-order valence-electron chi connectivity index (χ1n) is 2.99. The van der Waals surface area contributed by atoms with E-state index in [-0.39, 0.29) is 0 Å². The van der Waals surface area contributed by atoms with Crippen molar-refractivity contribution in [1.82, 2.24) is 15.4 Å². The van der Waals surface area contributed by atoms with Gasteiger partial charge in [-0.15, -0.1) is 10.2 Å². The van der Waals surface area contributed by atoms with Crippen molar-refractivity contribution in [3.05, 3.63) is 17.5 Å². The molecular weight excluding hydrogens is 114 g/mol. The fourth-order valence-electron chi connectivity index (χ4n) is 0.622. The molecule has 0 aliphatic carbocycles. The minimum atomic E-state index is 0.927. The topological polar surface area (TPSA) is 38.7 Å². The van der Waals surface area contributed by atoms with E-state index in [1.165, 1.54) is 0 Å². The molecule has 48 valence electrons. The molecule has 1 heterocycles. The summed E-state index contributed by atoms with van der Waals surface area (Å²) in [7, 11) is 0. The van der Waals surface area contributed by atoms with E-state index in [1.54, 1.807) is 0 Å². The normalized spacial score (nSPS) is 9.56. The van der Waals surface area contributed by atoms with Crippen molar-refractivity contribution >= 4 is 0 Å². The zero-order chi connectivity index (χ0) is 6.69. The van der Waals surface area contributed by atoms with Crippen LogP contribution in [0.2, 0.25) is 0 Å². The van der Waals surface area contributed by atoms with Gasteiger partial charge in [0.15, 0.2) is 0 Å². The first-order valence-corrected chi connectivity index (χ1v) is 2.99. The largest absolute Gasteiger partial charge is 0.136 e. The maximum absolute atomic E-state index is 3.80. The molecule has 0 N–H and O–H groups in total. The molecule has 0 saturated carbocycles. The van der Waals surface area contributed by atoms with E-state index in [2.05, 4.69) is 15.4 Å². The van der Waals surface area contributed by atoms with Crippen molar-refractivity contribution in [3.63, 3.8) is 0 Å². The Bertz CT molecular complexity index is 197. The number of hydrogen-bond donors (Lipinski definition) is 0. The quantitative estimate of drug-likeness (QED) is 0.553. The summed E-state index contributed by atoms with van der Waals surface area (Å²) in [5, 5.41) is 11.1. The maximum Gasteiger partial charge on any atom is 0.0664 e. The lowest BCUT2D eigenvalue weighted by Gasteiger charge is -1.91. The Morgan fingerprint density at radius 1 is 1.44 bits per heavy atom. The average molecular weight is 123 g/mol. The first-order chi connectivity index (χ1) is 4.33. The highest BCUT2D eigenvalue weighted by Crippen LogP contribution is 1.93. The minimum absolute atomic E-state index is 0.927. The van der Waals surface area contributed by atoms with Gasteiger partial charge in [0.1, 0.15) is 0 Å². The summed E-state index contributed by atoms with van der Waals surface area (Å²) in [5.74, 6) is 0. The molecule has 0 aliphatic heterocycles. The smallest absolute Gasteiger partial charge is 0.0664 e. The lowest BCUT2D eigenvalue weighted by atomic mass is 10.3. The third-order valence-electron chi connectivity index (χ3n) is 1.11. The molecule has 0 saturated heterocycles. The summed E-state index contributed by atoms with van der Waals surface area (Å²) >= 11 is 0. The van der Waals surface area contributed by atoms with Gasteiger partial charge in [-0.1, -0.05) is 6.92 Å². The van der Waals surface area contributed by atoms with Gasteiger partial charge in [0.25, 0.3) is 0 Å². The average Bonchev–Trinajstić information content (AvgIpc) is 1.88. The molecule has 1 aromatic rings. The van der Waals surface area contributed by atoms with E-state index >= 15 is 0 Å². The highest BCUT2D eigenvalue weighted by molar-refractivity contribution is 5.03. The zero-order valence-corrected chi connectivity index (χ0v) is 5.63. The standard InChI is InChI=1S/C6H9N3/c1-3-6-4-5(2)7-9-8-6/h4H,3H2,1-2H3. The van der Waals surface area contributed by atoms with Gasteiger partial charge in [-0.3, -0.25) is 0 Å². The molecule has 9 heavy (non-hydrogen) atoms. The first kappa shape index (κ1) is 6.13. The van der Waals surface area contributed by atoms with Crippen LogP contribution in [0.5, 0.6) is 0 Å². The number of hydrogen-bond acceptors (Lipinski definition) is 3. The molecule has 0 atom stereocenters. The van der Waals surface area contributed by atoms with Crippen molar-refractivity contribution in [3.8, 4) is 0 Å². The van der Waals surface area contributed by atoms with E-state index in [0.29, 0.717) is 0 Å². The Morgan fingerprint density at radius 3 is 2.67 bits per heavy atom. The summed E-state index contributed by atoms with van der Waals surface area (Å²) in [6.07, 6.45) is 0.927. The van der Waals surface area contributed by atoms with Gasteiger partial charge in [0.05, 0.1) is 11.4 Å². The molecular formula is C6H9N3. The Labute approximate surface area is 54.1 Å². The number of aryl methyl sites for hydroxylation is 2. The molecule has 1 rings (SSSR count). The highest BCUT2D eigenvalue weighted by atomic mass is 15.3. The molecule has 1 aromatic heterocycles. The van der Waals surface area contributed by atoms with E-state index in [9.17, 15) is 0 Å². The van der Waals surface area contributed by atoms with Crippen molar-refractivity contribution < 1.29 is 0 Å². The van der Waals surface area contributed by atoms with Crippen LogP contribution in [0, 0.1) is 6.92 Å². The molecule has 0 aliphatic rings. The van der Waals surface area contributed by atoms with Gasteiger partial charge in [-0.2, -0.15) is 0 Å². The van der Waals surface area contributed by atoms with Crippen LogP contribution in [0.3, 0.4) is 0 Å². The van der Waals surface area contributed by atoms with Gasteiger partial charge in [-0.05, 0) is 24.6 Å². The SMILES string of the molecule is CCc1cc(C)nnn1. The second-order valence-electron chi connectivity index (χ2n) is 1.92. The lowest BCUT2D eigenvalue weighted by molar-refractivity contribution is 0.792. The summed E-state index contributed by atoms with van der Waals surface area (Å²) in [5.41, 5.74) is 1.93. The van der Waals surface area contributed by atoms with Crippen molar-refractivity contribution in [2.45, 2.75) is 20.3 Å². The Balaban J connectivity index is 2.94. The third-order valence-corrected chi connectivity index (χ3v) is 1.11. The molecule has 0 radical (unpaired) electrons. The van der Waals surface area contributed by atoms with Crippen LogP contribution < -0.4 is 0 Å². The van der Waals surface area contributed by atoms with Crippen LogP contribution in [-0.2, 0) is 6.42 Å². The van der Waals surface area contributed by atoms with Crippen LogP contribution in [-0.4, -0.2) is 15.4 Å². The summed E-state index contributed by atoms with van der Waals surface area (Å²) < 4.78 is 0. The molecule has 0 spiro atoms. The van der Waals surface area contributed by atoms with E-state index < -0.39 is 0 Å². The fourth-order valence-corrected chi connectivity index (χ4v) is 0.622. The molecule has 3 nitrogen and oxygen atoms in total. The Kier molecular flexibility index (Phi) is 1.72. The minimum Gasteiger partial charge on any atom is -0.136 e. The maximum atomic E-state index is 3.80. The second-order valence-corrected chi connectivity index (χ2v) is 1.92. The molecule has 0 amide bonds. The van der Waals surface area contributed by atoms with Crippen LogP contribution in [0.1, 0.15) is 18.3 Å². The van der Waals surface area contributed by atoms with Crippen LogP contribution >= 0.6 is 0 Å².